The van der Waals surface area contributed by atoms with Gasteiger partial charge in [-0.05, 0) is 36.4 Å². The summed E-state index contributed by atoms with van der Waals surface area (Å²) in [5.74, 6) is 2.82. The van der Waals surface area contributed by atoms with Crippen molar-refractivity contribution in [1.29, 1.82) is 0 Å². The third-order valence-electron chi connectivity index (χ3n) is 4.57. The van der Waals surface area contributed by atoms with Crippen molar-refractivity contribution in [2.75, 3.05) is 26.6 Å². The highest BCUT2D eigenvalue weighted by Crippen LogP contribution is 2.39. The molecular formula is C22H26N4O5. The predicted molar refractivity (Wildman–Crippen MR) is 116 cm³/mol. The van der Waals surface area contributed by atoms with Crippen LogP contribution in [0, 0.1) is 0 Å². The summed E-state index contributed by atoms with van der Waals surface area (Å²) in [5, 5.41) is 9.56. The normalized spacial score (nSPS) is 10.6. The Balaban J connectivity index is 1.62. The number of anilines is 1. The molecule has 2 N–H and O–H groups in total. The zero-order valence-corrected chi connectivity index (χ0v) is 18.2. The molecule has 0 spiro atoms. The van der Waals surface area contributed by atoms with E-state index in [4.69, 9.17) is 18.7 Å². The van der Waals surface area contributed by atoms with E-state index in [9.17, 15) is 4.79 Å². The summed E-state index contributed by atoms with van der Waals surface area (Å²) in [5.41, 5.74) is 2.16. The number of benzene rings is 2. The van der Waals surface area contributed by atoms with Crippen LogP contribution < -0.4 is 24.8 Å². The monoisotopic (exact) mass is 426 g/mol. The fourth-order valence-electron chi connectivity index (χ4n) is 2.94. The van der Waals surface area contributed by atoms with Crippen molar-refractivity contribution < 1.29 is 23.5 Å². The third kappa shape index (κ3) is 5.06. The molecule has 0 aliphatic carbocycles. The Morgan fingerprint density at radius 3 is 2.29 bits per heavy atom. The van der Waals surface area contributed by atoms with E-state index in [-0.39, 0.29) is 18.5 Å². The van der Waals surface area contributed by atoms with E-state index in [1.165, 1.54) is 14.2 Å². The molecule has 0 unspecified atom stereocenters. The maximum Gasteiger partial charge on any atom is 0.319 e. The fraction of sp³-hybridized carbons (Fsp3) is 0.318. The third-order valence-corrected chi connectivity index (χ3v) is 4.57. The van der Waals surface area contributed by atoms with Crippen LogP contribution in [-0.2, 0) is 6.54 Å². The molecule has 164 valence electrons. The van der Waals surface area contributed by atoms with Crippen LogP contribution in [0.4, 0.5) is 10.5 Å². The first-order chi connectivity index (χ1) is 15.0. The van der Waals surface area contributed by atoms with Gasteiger partial charge in [-0.25, -0.2) is 4.79 Å². The summed E-state index contributed by atoms with van der Waals surface area (Å²) >= 11 is 0. The number of aromatic nitrogens is 2. The zero-order valence-electron chi connectivity index (χ0n) is 18.2. The lowest BCUT2D eigenvalue weighted by Gasteiger charge is -2.16. The van der Waals surface area contributed by atoms with Crippen LogP contribution in [0.3, 0.4) is 0 Å². The van der Waals surface area contributed by atoms with Gasteiger partial charge in [0.1, 0.15) is 0 Å². The van der Waals surface area contributed by atoms with E-state index in [2.05, 4.69) is 20.8 Å². The minimum absolute atomic E-state index is 0.187. The number of methoxy groups -OCH3 is 3. The van der Waals surface area contributed by atoms with Crippen LogP contribution in [0.5, 0.6) is 17.2 Å². The van der Waals surface area contributed by atoms with Crippen molar-refractivity contribution in [1.82, 2.24) is 15.5 Å². The Hall–Kier alpha value is -3.75. The first kappa shape index (κ1) is 21.9. The molecule has 2 amide bonds. The van der Waals surface area contributed by atoms with Crippen molar-refractivity contribution in [3.05, 3.63) is 47.8 Å². The standard InChI is InChI=1S/C22H26N4O5/c1-13(2)20-25-21(31-26-20)14-6-9-16(10-7-14)24-22(27)23-12-15-8-11-17(28-3)19(30-5)18(15)29-4/h6-11,13H,12H2,1-5H3,(H2,23,24,27). The van der Waals surface area contributed by atoms with Crippen molar-refractivity contribution in [3.63, 3.8) is 0 Å². The van der Waals surface area contributed by atoms with Crippen LogP contribution in [0.15, 0.2) is 40.9 Å². The minimum Gasteiger partial charge on any atom is -0.493 e. The number of nitrogens with zero attached hydrogens (tertiary/aromatic N) is 2. The Bertz CT molecular complexity index is 1030. The van der Waals surface area contributed by atoms with Gasteiger partial charge in [0.25, 0.3) is 5.89 Å². The summed E-state index contributed by atoms with van der Waals surface area (Å²) in [7, 11) is 4.62. The average molecular weight is 426 g/mol. The molecule has 0 atom stereocenters. The van der Waals surface area contributed by atoms with Crippen LogP contribution >= 0.6 is 0 Å². The van der Waals surface area contributed by atoms with E-state index < -0.39 is 0 Å². The second-order valence-corrected chi connectivity index (χ2v) is 6.99. The Morgan fingerprint density at radius 1 is 1.00 bits per heavy atom. The molecule has 3 rings (SSSR count). The highest BCUT2D eigenvalue weighted by Gasteiger charge is 2.16. The van der Waals surface area contributed by atoms with Gasteiger partial charge >= 0.3 is 6.03 Å². The summed E-state index contributed by atoms with van der Waals surface area (Å²) in [6.07, 6.45) is 0. The quantitative estimate of drug-likeness (QED) is 0.555. The van der Waals surface area contributed by atoms with Gasteiger partial charge < -0.3 is 29.4 Å². The molecular weight excluding hydrogens is 400 g/mol. The first-order valence-corrected chi connectivity index (χ1v) is 9.73. The topological polar surface area (TPSA) is 108 Å². The maximum atomic E-state index is 12.3. The van der Waals surface area contributed by atoms with Crippen LogP contribution in [0.25, 0.3) is 11.5 Å². The number of nitrogens with one attached hydrogen (secondary N) is 2. The van der Waals surface area contributed by atoms with E-state index in [1.807, 2.05) is 32.0 Å². The second kappa shape index (κ2) is 9.84. The van der Waals surface area contributed by atoms with Crippen LogP contribution in [-0.4, -0.2) is 37.5 Å². The van der Waals surface area contributed by atoms with Crippen molar-refractivity contribution >= 4 is 11.7 Å². The summed E-state index contributed by atoms with van der Waals surface area (Å²) in [6, 6.07) is 10.4. The number of hydrogen-bond donors (Lipinski definition) is 2. The van der Waals surface area contributed by atoms with Gasteiger partial charge in [0.2, 0.25) is 5.75 Å². The zero-order chi connectivity index (χ0) is 22.4. The largest absolute Gasteiger partial charge is 0.493 e. The molecule has 0 aliphatic rings. The minimum atomic E-state index is -0.357. The van der Waals surface area contributed by atoms with E-state index >= 15 is 0 Å². The molecule has 1 heterocycles. The van der Waals surface area contributed by atoms with Gasteiger partial charge in [-0.2, -0.15) is 4.98 Å². The lowest BCUT2D eigenvalue weighted by atomic mass is 10.1. The van der Waals surface area contributed by atoms with Gasteiger partial charge in [0.15, 0.2) is 17.3 Å². The van der Waals surface area contributed by atoms with Gasteiger partial charge in [-0.1, -0.05) is 19.0 Å². The molecule has 9 heteroatoms. The summed E-state index contributed by atoms with van der Waals surface area (Å²) in [4.78, 5) is 16.7. The number of urea groups is 1. The molecule has 0 aliphatic heterocycles. The van der Waals surface area contributed by atoms with Crippen LogP contribution in [0.2, 0.25) is 0 Å². The molecule has 0 saturated carbocycles. The molecule has 3 aromatic rings. The Morgan fingerprint density at radius 2 is 1.71 bits per heavy atom. The van der Waals surface area contributed by atoms with E-state index in [0.29, 0.717) is 34.7 Å². The van der Waals surface area contributed by atoms with E-state index in [0.717, 1.165) is 11.1 Å². The number of ether oxygens (including phenoxy) is 3. The SMILES string of the molecule is COc1ccc(CNC(=O)Nc2ccc(-c3nc(C(C)C)no3)cc2)c(OC)c1OC. The number of rotatable bonds is 8. The number of amides is 2. The lowest BCUT2D eigenvalue weighted by Crippen LogP contribution is -2.28. The van der Waals surface area contributed by atoms with Gasteiger partial charge in [0.05, 0.1) is 21.3 Å². The number of carbonyl (C=O) groups is 1. The van der Waals surface area contributed by atoms with Crippen molar-refractivity contribution in [2.24, 2.45) is 0 Å². The summed E-state index contributed by atoms with van der Waals surface area (Å²) in [6.45, 7) is 4.24. The van der Waals surface area contributed by atoms with Crippen molar-refractivity contribution in [2.45, 2.75) is 26.3 Å². The number of carbonyl (C=O) groups excluding carboxylic acids is 1. The van der Waals surface area contributed by atoms with Gasteiger partial charge in [-0.15, -0.1) is 0 Å². The molecule has 1 aromatic heterocycles. The molecule has 0 saturated heterocycles. The van der Waals surface area contributed by atoms with Gasteiger partial charge in [-0.3, -0.25) is 0 Å². The second-order valence-electron chi connectivity index (χ2n) is 6.99. The maximum absolute atomic E-state index is 12.3. The molecule has 0 radical (unpaired) electrons. The average Bonchev–Trinajstić information content (AvgIpc) is 3.28. The first-order valence-electron chi connectivity index (χ1n) is 9.73. The molecule has 9 nitrogen and oxygen atoms in total. The lowest BCUT2D eigenvalue weighted by molar-refractivity contribution is 0.251. The summed E-state index contributed by atoms with van der Waals surface area (Å²) < 4.78 is 21.4. The van der Waals surface area contributed by atoms with Gasteiger partial charge in [0, 0.05) is 29.3 Å². The Kier molecular flexibility index (Phi) is 6.96. The molecule has 0 bridgehead atoms. The van der Waals surface area contributed by atoms with Crippen molar-refractivity contribution in [3.8, 4) is 28.7 Å². The smallest absolute Gasteiger partial charge is 0.319 e. The highest BCUT2D eigenvalue weighted by molar-refractivity contribution is 5.89. The highest BCUT2D eigenvalue weighted by atomic mass is 16.5. The van der Waals surface area contributed by atoms with E-state index in [1.54, 1.807) is 25.3 Å². The molecule has 31 heavy (non-hydrogen) atoms. The number of hydrogen-bond acceptors (Lipinski definition) is 7. The Labute approximate surface area is 180 Å². The van der Waals surface area contributed by atoms with Crippen LogP contribution in [0.1, 0.15) is 31.2 Å². The fourth-order valence-corrected chi connectivity index (χ4v) is 2.94. The predicted octanol–water partition coefficient (Wildman–Crippen LogP) is 4.21. The molecule has 0 fully saturated rings. The molecule has 2 aromatic carbocycles.